The lowest BCUT2D eigenvalue weighted by molar-refractivity contribution is -0.116. The molecule has 0 saturated heterocycles. The van der Waals surface area contributed by atoms with Crippen molar-refractivity contribution in [3.63, 3.8) is 0 Å². The predicted molar refractivity (Wildman–Crippen MR) is 145 cm³/mol. The quantitative estimate of drug-likeness (QED) is 0.244. The van der Waals surface area contributed by atoms with Crippen molar-refractivity contribution in [3.05, 3.63) is 78.4 Å². The number of nitrogens with one attached hydrogen (secondary N) is 1. The first-order valence-corrected chi connectivity index (χ1v) is 12.3. The van der Waals surface area contributed by atoms with Gasteiger partial charge in [0, 0.05) is 23.8 Å². The Balaban J connectivity index is 1.49. The molecule has 0 fully saturated rings. The first-order valence-electron chi connectivity index (χ1n) is 12.3. The molecule has 1 amide bonds. The third-order valence-electron chi connectivity index (χ3n) is 5.81. The monoisotopic (exact) mass is 498 g/mol. The Morgan fingerprint density at radius 2 is 1.62 bits per heavy atom. The fourth-order valence-electron chi connectivity index (χ4n) is 4.07. The summed E-state index contributed by atoms with van der Waals surface area (Å²) in [4.78, 5) is 30.2. The van der Waals surface area contributed by atoms with Gasteiger partial charge in [0.15, 0.2) is 17.3 Å². The molecule has 4 aromatic rings. The predicted octanol–water partition coefficient (Wildman–Crippen LogP) is 6.31. The molecule has 1 N–H and O–H groups in total. The van der Waals surface area contributed by atoms with Gasteiger partial charge in [0.1, 0.15) is 11.6 Å². The van der Waals surface area contributed by atoms with Crippen LogP contribution in [0.25, 0.3) is 22.0 Å². The van der Waals surface area contributed by atoms with E-state index < -0.39 is 0 Å². The summed E-state index contributed by atoms with van der Waals surface area (Å²) >= 11 is 0. The number of rotatable bonds is 11. The molecule has 7 heteroatoms. The van der Waals surface area contributed by atoms with Crippen LogP contribution in [0.3, 0.4) is 0 Å². The van der Waals surface area contributed by atoms with E-state index in [1.807, 2.05) is 68.4 Å². The summed E-state index contributed by atoms with van der Waals surface area (Å²) in [5, 5.41) is 3.82. The average Bonchev–Trinajstić information content (AvgIpc) is 2.92. The second-order valence-electron chi connectivity index (χ2n) is 8.30. The summed E-state index contributed by atoms with van der Waals surface area (Å²) in [6.45, 7) is 4.71. The van der Waals surface area contributed by atoms with Crippen LogP contribution >= 0.6 is 0 Å². The zero-order valence-corrected chi connectivity index (χ0v) is 21.2. The molecular weight excluding hydrogens is 468 g/mol. The molecule has 1 heterocycles. The Morgan fingerprint density at radius 1 is 0.838 bits per heavy atom. The van der Waals surface area contributed by atoms with Crippen LogP contribution in [0.5, 0.6) is 17.2 Å². The number of hydrogen-bond donors (Lipinski definition) is 1. The Hall–Kier alpha value is -4.39. The molecule has 190 valence electrons. The van der Waals surface area contributed by atoms with Gasteiger partial charge in [-0.25, -0.2) is 4.98 Å². The topological polar surface area (TPSA) is 86.8 Å². The number of ether oxygens (including phenoxy) is 3. The average molecular weight is 499 g/mol. The number of fused-ring (bicyclic) bond motifs is 1. The van der Waals surface area contributed by atoms with E-state index in [0.717, 1.165) is 27.8 Å². The van der Waals surface area contributed by atoms with Gasteiger partial charge in [0.05, 0.1) is 25.8 Å². The Labute approximate surface area is 216 Å². The van der Waals surface area contributed by atoms with Gasteiger partial charge in [-0.1, -0.05) is 30.3 Å². The van der Waals surface area contributed by atoms with E-state index in [2.05, 4.69) is 10.3 Å². The standard InChI is InChI=1S/C30H30N2O5/c1-4-36-27-15-13-21(18-28(27)37-5-2)26(33)14-16-30(34)32-29-19-24(20-9-8-10-22(17-20)35-3)23-11-6-7-12-25(23)31-29/h6-13,15,17-19H,4-5,14,16H2,1-3H3,(H,31,32,34). The largest absolute Gasteiger partial charge is 0.497 e. The highest BCUT2D eigenvalue weighted by atomic mass is 16.5. The maximum atomic E-state index is 12.8. The minimum atomic E-state index is -0.288. The molecule has 4 rings (SSSR count). The van der Waals surface area contributed by atoms with Crippen molar-refractivity contribution >= 4 is 28.4 Å². The minimum absolute atomic E-state index is 0.0268. The smallest absolute Gasteiger partial charge is 0.225 e. The number of carbonyl (C=O) groups is 2. The van der Waals surface area contributed by atoms with E-state index in [9.17, 15) is 9.59 Å². The molecular formula is C30H30N2O5. The molecule has 0 aliphatic carbocycles. The van der Waals surface area contributed by atoms with Gasteiger partial charge in [-0.3, -0.25) is 9.59 Å². The van der Waals surface area contributed by atoms with Gasteiger partial charge in [0.25, 0.3) is 0 Å². The molecule has 0 atom stereocenters. The molecule has 0 aliphatic rings. The van der Waals surface area contributed by atoms with Gasteiger partial charge in [-0.15, -0.1) is 0 Å². The zero-order valence-electron chi connectivity index (χ0n) is 21.2. The van der Waals surface area contributed by atoms with Crippen LogP contribution < -0.4 is 19.5 Å². The van der Waals surface area contributed by atoms with Crippen LogP contribution in [-0.4, -0.2) is 37.0 Å². The fourth-order valence-corrected chi connectivity index (χ4v) is 4.07. The Bertz CT molecular complexity index is 1420. The number of hydrogen-bond acceptors (Lipinski definition) is 6. The SMILES string of the molecule is CCOc1ccc(C(=O)CCC(=O)Nc2cc(-c3cccc(OC)c3)c3ccccc3n2)cc1OCC. The lowest BCUT2D eigenvalue weighted by atomic mass is 10.0. The number of amides is 1. The maximum Gasteiger partial charge on any atom is 0.225 e. The zero-order chi connectivity index (χ0) is 26.2. The van der Waals surface area contributed by atoms with E-state index >= 15 is 0 Å². The molecule has 7 nitrogen and oxygen atoms in total. The van der Waals surface area contributed by atoms with E-state index in [1.165, 1.54) is 0 Å². The number of pyridine rings is 1. The number of benzene rings is 3. The van der Waals surface area contributed by atoms with Crippen molar-refractivity contribution in [2.45, 2.75) is 26.7 Å². The Morgan fingerprint density at radius 3 is 2.41 bits per heavy atom. The summed E-state index contributed by atoms with van der Waals surface area (Å²) < 4.78 is 16.6. The van der Waals surface area contributed by atoms with Crippen molar-refractivity contribution in [3.8, 4) is 28.4 Å². The first kappa shape index (κ1) is 25.7. The fraction of sp³-hybridized carbons (Fsp3) is 0.233. The highest BCUT2D eigenvalue weighted by molar-refractivity contribution is 6.02. The highest BCUT2D eigenvalue weighted by Gasteiger charge is 2.15. The normalized spacial score (nSPS) is 10.7. The summed E-state index contributed by atoms with van der Waals surface area (Å²) in [7, 11) is 1.63. The van der Waals surface area contributed by atoms with Crippen LogP contribution in [0.15, 0.2) is 72.8 Å². The Kier molecular flexibility index (Phi) is 8.36. The van der Waals surface area contributed by atoms with Crippen LogP contribution in [0, 0.1) is 0 Å². The molecule has 3 aromatic carbocycles. The molecule has 0 radical (unpaired) electrons. The van der Waals surface area contributed by atoms with Crippen LogP contribution in [0.2, 0.25) is 0 Å². The van der Waals surface area contributed by atoms with E-state index in [-0.39, 0.29) is 24.5 Å². The maximum absolute atomic E-state index is 12.8. The summed E-state index contributed by atoms with van der Waals surface area (Å²) in [6, 6.07) is 22.4. The number of ketones is 1. The molecule has 0 saturated carbocycles. The van der Waals surface area contributed by atoms with Gasteiger partial charge in [-0.2, -0.15) is 0 Å². The van der Waals surface area contributed by atoms with Crippen LogP contribution in [0.1, 0.15) is 37.0 Å². The number of para-hydroxylation sites is 1. The summed E-state index contributed by atoms with van der Waals surface area (Å²) in [6.07, 6.45) is 0.0840. The van der Waals surface area contributed by atoms with Gasteiger partial charge < -0.3 is 19.5 Å². The second kappa shape index (κ2) is 12.0. The minimum Gasteiger partial charge on any atom is -0.497 e. The molecule has 1 aromatic heterocycles. The summed E-state index contributed by atoms with van der Waals surface area (Å²) in [5.74, 6) is 1.84. The first-order chi connectivity index (χ1) is 18.0. The van der Waals surface area contributed by atoms with Crippen LogP contribution in [0.4, 0.5) is 5.82 Å². The lowest BCUT2D eigenvalue weighted by Gasteiger charge is -2.13. The van der Waals surface area contributed by atoms with Crippen molar-refractivity contribution < 1.29 is 23.8 Å². The lowest BCUT2D eigenvalue weighted by Crippen LogP contribution is -2.14. The summed E-state index contributed by atoms with van der Waals surface area (Å²) in [5.41, 5.74) is 3.11. The van der Waals surface area contributed by atoms with E-state index in [1.54, 1.807) is 25.3 Å². The second-order valence-corrected chi connectivity index (χ2v) is 8.30. The highest BCUT2D eigenvalue weighted by Crippen LogP contribution is 2.32. The number of Topliss-reactive ketones (excluding diaryl/α,β-unsaturated/α-hetero) is 1. The number of nitrogens with zero attached hydrogens (tertiary/aromatic N) is 1. The number of aromatic nitrogens is 1. The van der Waals surface area contributed by atoms with Crippen molar-refractivity contribution in [2.75, 3.05) is 25.6 Å². The van der Waals surface area contributed by atoms with E-state index in [4.69, 9.17) is 14.2 Å². The third kappa shape index (κ3) is 6.25. The number of anilines is 1. The molecule has 37 heavy (non-hydrogen) atoms. The molecule has 0 spiro atoms. The van der Waals surface area contributed by atoms with E-state index in [0.29, 0.717) is 36.1 Å². The van der Waals surface area contributed by atoms with Gasteiger partial charge in [0.2, 0.25) is 5.91 Å². The molecule has 0 bridgehead atoms. The number of carbonyl (C=O) groups excluding carboxylic acids is 2. The molecule has 0 unspecified atom stereocenters. The van der Waals surface area contributed by atoms with Crippen molar-refractivity contribution in [1.82, 2.24) is 4.98 Å². The van der Waals surface area contributed by atoms with Crippen molar-refractivity contribution in [1.29, 1.82) is 0 Å². The van der Waals surface area contributed by atoms with Crippen molar-refractivity contribution in [2.24, 2.45) is 0 Å². The number of methoxy groups -OCH3 is 1. The molecule has 0 aliphatic heterocycles. The van der Waals surface area contributed by atoms with Crippen LogP contribution in [-0.2, 0) is 4.79 Å². The van der Waals surface area contributed by atoms with Gasteiger partial charge >= 0.3 is 0 Å². The van der Waals surface area contributed by atoms with Gasteiger partial charge in [-0.05, 0) is 67.4 Å². The third-order valence-corrected chi connectivity index (χ3v) is 5.81.